The van der Waals surface area contributed by atoms with Gasteiger partial charge >= 0.3 is 12.1 Å². The fourth-order valence-corrected chi connectivity index (χ4v) is 4.37. The van der Waals surface area contributed by atoms with Crippen molar-refractivity contribution in [3.8, 4) is 28.5 Å². The van der Waals surface area contributed by atoms with Gasteiger partial charge in [0.2, 0.25) is 5.89 Å². The van der Waals surface area contributed by atoms with Gasteiger partial charge in [0.15, 0.2) is 0 Å². The minimum Gasteiger partial charge on any atom is -0.493 e. The first-order valence-corrected chi connectivity index (χ1v) is 13.6. The Bertz CT molecular complexity index is 1490. The summed E-state index contributed by atoms with van der Waals surface area (Å²) >= 11 is 0. The van der Waals surface area contributed by atoms with Gasteiger partial charge in [-0.1, -0.05) is 24.3 Å². The van der Waals surface area contributed by atoms with Crippen molar-refractivity contribution in [2.24, 2.45) is 0 Å². The first kappa shape index (κ1) is 29.3. The van der Waals surface area contributed by atoms with Gasteiger partial charge in [-0.15, -0.1) is 0 Å². The Morgan fingerprint density at radius 1 is 1.00 bits per heavy atom. The Kier molecular flexibility index (Phi) is 9.73. The number of pyridine rings is 1. The minimum atomic E-state index is -0.884. The van der Waals surface area contributed by atoms with Crippen LogP contribution in [0.5, 0.6) is 5.75 Å². The summed E-state index contributed by atoms with van der Waals surface area (Å²) in [5.41, 5.74) is 6.37. The summed E-state index contributed by atoms with van der Waals surface area (Å²) in [7, 11) is 0. The van der Waals surface area contributed by atoms with Crippen LogP contribution in [0.2, 0.25) is 0 Å². The van der Waals surface area contributed by atoms with E-state index in [4.69, 9.17) is 24.0 Å². The molecular formula is C32H35N3O6. The number of carbonyl (C=O) groups excluding carboxylic acids is 1. The maximum absolute atomic E-state index is 12.0. The molecule has 9 heteroatoms. The summed E-state index contributed by atoms with van der Waals surface area (Å²) in [6.07, 6.45) is 1.88. The van der Waals surface area contributed by atoms with Gasteiger partial charge in [0, 0.05) is 36.7 Å². The number of alkyl carbamates (subject to hydrolysis) is 1. The fraction of sp³-hybridized carbons (Fsp3) is 0.312. The maximum atomic E-state index is 12.0. The largest absolute Gasteiger partial charge is 0.493 e. The number of hydrogen-bond acceptors (Lipinski definition) is 7. The molecule has 0 radical (unpaired) electrons. The highest BCUT2D eigenvalue weighted by atomic mass is 16.6. The first-order valence-electron chi connectivity index (χ1n) is 13.6. The zero-order valence-corrected chi connectivity index (χ0v) is 23.8. The third kappa shape index (κ3) is 8.17. The molecule has 41 heavy (non-hydrogen) atoms. The quantitative estimate of drug-likeness (QED) is 0.208. The Labute approximate surface area is 239 Å². The predicted octanol–water partition coefficient (Wildman–Crippen LogP) is 6.29. The van der Waals surface area contributed by atoms with E-state index in [1.165, 1.54) is 0 Å². The Hall–Kier alpha value is -4.66. The molecule has 0 saturated carbocycles. The summed E-state index contributed by atoms with van der Waals surface area (Å²) in [4.78, 5) is 32.2. The second-order valence-electron chi connectivity index (χ2n) is 10.00. The van der Waals surface area contributed by atoms with Gasteiger partial charge in [-0.2, -0.15) is 0 Å². The van der Waals surface area contributed by atoms with E-state index in [0.29, 0.717) is 31.1 Å². The fourth-order valence-electron chi connectivity index (χ4n) is 4.37. The van der Waals surface area contributed by atoms with Crippen LogP contribution in [-0.4, -0.2) is 39.8 Å². The lowest BCUT2D eigenvalue weighted by Crippen LogP contribution is -2.26. The number of nitrogens with one attached hydrogen (secondary N) is 1. The van der Waals surface area contributed by atoms with E-state index in [-0.39, 0.29) is 19.1 Å². The van der Waals surface area contributed by atoms with Crippen LogP contribution in [0.4, 0.5) is 4.79 Å². The van der Waals surface area contributed by atoms with E-state index in [9.17, 15) is 9.59 Å². The average molecular weight is 558 g/mol. The normalized spacial score (nSPS) is 11.0. The van der Waals surface area contributed by atoms with Crippen molar-refractivity contribution in [3.05, 3.63) is 88.9 Å². The molecule has 214 valence electrons. The van der Waals surface area contributed by atoms with E-state index in [2.05, 4.69) is 10.3 Å². The van der Waals surface area contributed by atoms with Gasteiger partial charge in [-0.25, -0.2) is 9.78 Å². The highest BCUT2D eigenvalue weighted by molar-refractivity contribution is 5.68. The van der Waals surface area contributed by atoms with E-state index >= 15 is 0 Å². The number of carboxylic acid groups (broad SMARTS) is 1. The van der Waals surface area contributed by atoms with Crippen LogP contribution in [0.1, 0.15) is 48.4 Å². The first-order chi connectivity index (χ1) is 19.7. The smallest absolute Gasteiger partial charge is 0.407 e. The van der Waals surface area contributed by atoms with E-state index in [1.54, 1.807) is 26.1 Å². The van der Waals surface area contributed by atoms with Crippen LogP contribution in [0.3, 0.4) is 0 Å². The predicted molar refractivity (Wildman–Crippen MR) is 155 cm³/mol. The molecule has 1 amide bonds. The third-order valence-electron chi connectivity index (χ3n) is 6.47. The number of nitrogens with zero attached hydrogens (tertiary/aromatic N) is 2. The molecule has 0 bridgehead atoms. The molecular weight excluding hydrogens is 522 g/mol. The Morgan fingerprint density at radius 3 is 2.46 bits per heavy atom. The van der Waals surface area contributed by atoms with Crippen LogP contribution in [0, 0.1) is 13.8 Å². The van der Waals surface area contributed by atoms with Crippen molar-refractivity contribution in [1.82, 2.24) is 15.3 Å². The average Bonchev–Trinajstić information content (AvgIpc) is 3.31. The summed E-state index contributed by atoms with van der Waals surface area (Å²) in [5, 5.41) is 11.8. The van der Waals surface area contributed by atoms with Gasteiger partial charge in [0.05, 0.1) is 24.1 Å². The molecule has 4 rings (SSSR count). The number of aryl methyl sites for hydroxylation is 3. The number of benzene rings is 2. The van der Waals surface area contributed by atoms with E-state index < -0.39 is 12.1 Å². The Morgan fingerprint density at radius 2 is 1.76 bits per heavy atom. The number of oxazole rings is 1. The number of aromatic nitrogens is 2. The van der Waals surface area contributed by atoms with Gasteiger partial charge in [-0.05, 0) is 81.1 Å². The lowest BCUT2D eigenvalue weighted by atomic mass is 10.0. The number of carbonyl (C=O) groups is 2. The maximum Gasteiger partial charge on any atom is 0.407 e. The summed E-state index contributed by atoms with van der Waals surface area (Å²) in [5.74, 6) is 1.00. The molecule has 0 saturated heterocycles. The minimum absolute atomic E-state index is 0.0110. The van der Waals surface area contributed by atoms with Crippen LogP contribution in [0.15, 0.2) is 65.2 Å². The van der Waals surface area contributed by atoms with E-state index in [1.807, 2.05) is 62.4 Å². The third-order valence-corrected chi connectivity index (χ3v) is 6.47. The standard InChI is InChI=1S/C32H35N3O6/c1-20(2)40-32(38)34-19-26-18-27(13-11-23(26)12-14-29(36)37)39-17-15-28-22(4)41-31(35-28)25-9-7-24(8-10-25)30-21(3)6-5-16-33-30/h5-11,13,16,18,20H,12,14-15,17,19H2,1-4H3,(H,34,38)(H,36,37). The van der Waals surface area contributed by atoms with Gasteiger partial charge in [-0.3, -0.25) is 9.78 Å². The topological polar surface area (TPSA) is 124 Å². The van der Waals surface area contributed by atoms with Gasteiger partial charge in [0.25, 0.3) is 0 Å². The van der Waals surface area contributed by atoms with Gasteiger partial charge in [0.1, 0.15) is 11.5 Å². The molecule has 0 aliphatic rings. The van der Waals surface area contributed by atoms with Gasteiger partial charge < -0.3 is 24.3 Å². The lowest BCUT2D eigenvalue weighted by Gasteiger charge is -2.14. The summed E-state index contributed by atoms with van der Waals surface area (Å²) < 4.78 is 17.1. The number of hydrogen-bond donors (Lipinski definition) is 2. The van der Waals surface area contributed by atoms with Crippen molar-refractivity contribution < 1.29 is 28.6 Å². The Balaban J connectivity index is 1.39. The molecule has 0 spiro atoms. The number of ether oxygens (including phenoxy) is 2. The second kappa shape index (κ2) is 13.6. The highest BCUT2D eigenvalue weighted by Crippen LogP contribution is 2.27. The molecule has 9 nitrogen and oxygen atoms in total. The number of carboxylic acids is 1. The molecule has 0 unspecified atom stereocenters. The molecule has 2 aromatic carbocycles. The van der Waals surface area contributed by atoms with Crippen LogP contribution in [-0.2, 0) is 28.9 Å². The second-order valence-corrected chi connectivity index (χ2v) is 10.00. The molecule has 0 aliphatic heterocycles. The van der Waals surface area contributed by atoms with Crippen molar-refractivity contribution in [3.63, 3.8) is 0 Å². The number of aliphatic carboxylic acids is 1. The lowest BCUT2D eigenvalue weighted by molar-refractivity contribution is -0.136. The summed E-state index contributed by atoms with van der Waals surface area (Å²) in [6.45, 7) is 8.02. The monoisotopic (exact) mass is 557 g/mol. The van der Waals surface area contributed by atoms with Crippen molar-refractivity contribution in [1.29, 1.82) is 0 Å². The highest BCUT2D eigenvalue weighted by Gasteiger charge is 2.14. The van der Waals surface area contributed by atoms with Crippen LogP contribution < -0.4 is 10.1 Å². The molecule has 2 N–H and O–H groups in total. The van der Waals surface area contributed by atoms with Crippen molar-refractivity contribution in [2.45, 2.75) is 59.6 Å². The van der Waals surface area contributed by atoms with Crippen molar-refractivity contribution in [2.75, 3.05) is 6.61 Å². The van der Waals surface area contributed by atoms with E-state index in [0.717, 1.165) is 45.0 Å². The SMILES string of the molecule is Cc1cccnc1-c1ccc(-c2nc(CCOc3ccc(CCC(=O)O)c(CNC(=O)OC(C)C)c3)c(C)o2)cc1. The number of amides is 1. The molecule has 2 heterocycles. The van der Waals surface area contributed by atoms with Crippen LogP contribution in [0.25, 0.3) is 22.7 Å². The zero-order valence-electron chi connectivity index (χ0n) is 23.8. The molecule has 0 aliphatic carbocycles. The zero-order chi connectivity index (χ0) is 29.4. The molecule has 0 fully saturated rings. The van der Waals surface area contributed by atoms with Crippen molar-refractivity contribution >= 4 is 12.1 Å². The molecule has 2 aromatic heterocycles. The molecule has 4 aromatic rings. The summed E-state index contributed by atoms with van der Waals surface area (Å²) in [6, 6.07) is 17.4. The number of rotatable bonds is 12. The molecule has 0 atom stereocenters. The van der Waals surface area contributed by atoms with Crippen LogP contribution >= 0.6 is 0 Å².